The van der Waals surface area contributed by atoms with Gasteiger partial charge in [0.1, 0.15) is 12.4 Å². The first-order valence-corrected chi connectivity index (χ1v) is 13.0. The lowest BCUT2D eigenvalue weighted by atomic mass is 9.96. The second-order valence-corrected chi connectivity index (χ2v) is 10.4. The molecule has 0 radical (unpaired) electrons. The summed E-state index contributed by atoms with van der Waals surface area (Å²) in [4.78, 5) is 15.4. The van der Waals surface area contributed by atoms with Crippen molar-refractivity contribution in [1.82, 2.24) is 29.8 Å². The van der Waals surface area contributed by atoms with E-state index in [2.05, 4.69) is 58.7 Å². The summed E-state index contributed by atoms with van der Waals surface area (Å²) >= 11 is 0. The van der Waals surface area contributed by atoms with Gasteiger partial charge in [0, 0.05) is 48.7 Å². The standard InChI is InChI=1S/C30H38N6O2/c1-20(2)36-19-27(17-32-36)25-13-23(12-24(14-25)26-16-31-35(7)18-26)22(4)33-30(37)29-15-28(9-8-21(29)3)38-11-10-34(5)6/h8-9,12-20,22H,10-11H2,1-7H3,(H,33,37)/t22-/m1/s1. The fraction of sp³-hybridized carbons (Fsp3) is 0.367. The molecule has 200 valence electrons. The molecule has 0 aliphatic heterocycles. The van der Waals surface area contributed by atoms with Gasteiger partial charge in [-0.05, 0) is 94.4 Å². The van der Waals surface area contributed by atoms with E-state index in [-0.39, 0.29) is 18.0 Å². The van der Waals surface area contributed by atoms with Crippen LogP contribution in [0.25, 0.3) is 22.3 Å². The molecule has 0 aliphatic carbocycles. The van der Waals surface area contributed by atoms with Gasteiger partial charge in [0.15, 0.2) is 0 Å². The number of carbonyl (C=O) groups is 1. The van der Waals surface area contributed by atoms with Crippen molar-refractivity contribution in [2.75, 3.05) is 27.2 Å². The van der Waals surface area contributed by atoms with E-state index in [4.69, 9.17) is 4.74 Å². The molecular weight excluding hydrogens is 476 g/mol. The summed E-state index contributed by atoms with van der Waals surface area (Å²) in [6.07, 6.45) is 7.80. The molecule has 38 heavy (non-hydrogen) atoms. The Morgan fingerprint density at radius 3 is 2.26 bits per heavy atom. The number of likely N-dealkylation sites (N-methyl/N-ethyl adjacent to an activating group) is 1. The minimum absolute atomic E-state index is 0.131. The Morgan fingerprint density at radius 2 is 1.66 bits per heavy atom. The van der Waals surface area contributed by atoms with Gasteiger partial charge in [0.2, 0.25) is 0 Å². The Morgan fingerprint density at radius 1 is 0.974 bits per heavy atom. The molecule has 0 fully saturated rings. The molecule has 0 spiro atoms. The summed E-state index contributed by atoms with van der Waals surface area (Å²) in [7, 11) is 5.91. The number of hydrogen-bond acceptors (Lipinski definition) is 5. The van der Waals surface area contributed by atoms with Crippen molar-refractivity contribution in [3.05, 3.63) is 77.9 Å². The molecule has 1 amide bonds. The molecule has 4 aromatic rings. The first-order valence-electron chi connectivity index (χ1n) is 13.0. The molecule has 2 aromatic carbocycles. The summed E-state index contributed by atoms with van der Waals surface area (Å²) in [5.41, 5.74) is 6.65. The molecule has 0 saturated heterocycles. The zero-order valence-corrected chi connectivity index (χ0v) is 23.4. The van der Waals surface area contributed by atoms with Crippen LogP contribution in [0, 0.1) is 6.92 Å². The van der Waals surface area contributed by atoms with Crippen molar-refractivity contribution >= 4 is 5.91 Å². The number of amides is 1. The molecule has 8 nitrogen and oxygen atoms in total. The number of rotatable bonds is 10. The number of nitrogens with one attached hydrogen (secondary N) is 1. The van der Waals surface area contributed by atoms with Crippen LogP contribution in [0.3, 0.4) is 0 Å². The first-order chi connectivity index (χ1) is 18.1. The van der Waals surface area contributed by atoms with Crippen LogP contribution in [-0.4, -0.2) is 57.6 Å². The largest absolute Gasteiger partial charge is 0.492 e. The zero-order valence-electron chi connectivity index (χ0n) is 23.4. The summed E-state index contributed by atoms with van der Waals surface area (Å²) in [5.74, 6) is 0.562. The average molecular weight is 515 g/mol. The molecule has 0 bridgehead atoms. The molecule has 2 heterocycles. The van der Waals surface area contributed by atoms with Crippen molar-refractivity contribution < 1.29 is 9.53 Å². The summed E-state index contributed by atoms with van der Waals surface area (Å²) in [5, 5.41) is 12.1. The van der Waals surface area contributed by atoms with Gasteiger partial charge in [-0.15, -0.1) is 0 Å². The molecule has 1 atom stereocenters. The quantitative estimate of drug-likeness (QED) is 0.312. The number of benzene rings is 2. The van der Waals surface area contributed by atoms with Gasteiger partial charge in [-0.3, -0.25) is 14.2 Å². The molecule has 4 rings (SSSR count). The number of ether oxygens (including phenoxy) is 1. The van der Waals surface area contributed by atoms with E-state index in [1.165, 1.54) is 0 Å². The van der Waals surface area contributed by atoms with Crippen molar-refractivity contribution in [1.29, 1.82) is 0 Å². The van der Waals surface area contributed by atoms with E-state index in [1.807, 2.05) is 76.5 Å². The third-order valence-corrected chi connectivity index (χ3v) is 6.57. The monoisotopic (exact) mass is 514 g/mol. The van der Waals surface area contributed by atoms with Gasteiger partial charge in [-0.1, -0.05) is 6.07 Å². The highest BCUT2D eigenvalue weighted by Crippen LogP contribution is 2.31. The third kappa shape index (κ3) is 6.50. The average Bonchev–Trinajstić information content (AvgIpc) is 3.54. The maximum Gasteiger partial charge on any atom is 0.252 e. The number of aromatic nitrogens is 4. The molecule has 0 aliphatic rings. The van der Waals surface area contributed by atoms with E-state index in [1.54, 1.807) is 4.68 Å². The lowest BCUT2D eigenvalue weighted by Gasteiger charge is -2.18. The lowest BCUT2D eigenvalue weighted by molar-refractivity contribution is 0.0938. The normalized spacial score (nSPS) is 12.2. The van der Waals surface area contributed by atoms with Gasteiger partial charge in [-0.25, -0.2) is 0 Å². The Kier molecular flexibility index (Phi) is 8.32. The van der Waals surface area contributed by atoms with Gasteiger partial charge in [0.05, 0.1) is 18.4 Å². The maximum absolute atomic E-state index is 13.4. The van der Waals surface area contributed by atoms with Crippen molar-refractivity contribution in [2.24, 2.45) is 7.05 Å². The van der Waals surface area contributed by atoms with Crippen LogP contribution in [0.2, 0.25) is 0 Å². The van der Waals surface area contributed by atoms with Gasteiger partial charge >= 0.3 is 0 Å². The van der Waals surface area contributed by atoms with Crippen LogP contribution in [-0.2, 0) is 7.05 Å². The number of aryl methyl sites for hydroxylation is 2. The van der Waals surface area contributed by atoms with E-state index >= 15 is 0 Å². The Balaban J connectivity index is 1.61. The lowest BCUT2D eigenvalue weighted by Crippen LogP contribution is -2.27. The van der Waals surface area contributed by atoms with E-state index in [9.17, 15) is 4.79 Å². The SMILES string of the molecule is Cc1ccc(OCCN(C)C)cc1C(=O)N[C@H](C)c1cc(-c2cnn(C)c2)cc(-c2cnn(C(C)C)c2)c1. The molecule has 8 heteroatoms. The summed E-state index contributed by atoms with van der Waals surface area (Å²) < 4.78 is 9.61. The first kappa shape index (κ1) is 27.1. The van der Waals surface area contributed by atoms with Gasteiger partial charge in [0.25, 0.3) is 5.91 Å². The van der Waals surface area contributed by atoms with Gasteiger partial charge < -0.3 is 15.0 Å². The highest BCUT2D eigenvalue weighted by molar-refractivity contribution is 5.96. The maximum atomic E-state index is 13.4. The fourth-order valence-corrected chi connectivity index (χ4v) is 4.21. The molecular formula is C30H38N6O2. The predicted molar refractivity (Wildman–Crippen MR) is 151 cm³/mol. The topological polar surface area (TPSA) is 77.2 Å². The molecule has 1 N–H and O–H groups in total. The van der Waals surface area contributed by atoms with Crippen LogP contribution in [0.5, 0.6) is 5.75 Å². The number of carbonyl (C=O) groups excluding carboxylic acids is 1. The smallest absolute Gasteiger partial charge is 0.252 e. The fourth-order valence-electron chi connectivity index (χ4n) is 4.21. The number of hydrogen-bond donors (Lipinski definition) is 1. The van der Waals surface area contributed by atoms with Crippen LogP contribution in [0.4, 0.5) is 0 Å². The highest BCUT2D eigenvalue weighted by atomic mass is 16.5. The molecule has 2 aromatic heterocycles. The Bertz CT molecular complexity index is 1400. The second kappa shape index (κ2) is 11.6. The van der Waals surface area contributed by atoms with E-state index < -0.39 is 0 Å². The van der Waals surface area contributed by atoms with Crippen molar-refractivity contribution in [2.45, 2.75) is 39.8 Å². The minimum Gasteiger partial charge on any atom is -0.492 e. The van der Waals surface area contributed by atoms with Crippen LogP contribution < -0.4 is 10.1 Å². The number of nitrogens with zero attached hydrogens (tertiary/aromatic N) is 5. The second-order valence-electron chi connectivity index (χ2n) is 10.4. The van der Waals surface area contributed by atoms with Crippen molar-refractivity contribution in [3.63, 3.8) is 0 Å². The van der Waals surface area contributed by atoms with E-state index in [0.29, 0.717) is 17.9 Å². The predicted octanol–water partition coefficient (Wildman–Crippen LogP) is 5.27. The zero-order chi connectivity index (χ0) is 27.4. The van der Waals surface area contributed by atoms with Crippen molar-refractivity contribution in [3.8, 4) is 28.0 Å². The van der Waals surface area contributed by atoms with Crippen LogP contribution in [0.1, 0.15) is 54.3 Å². The summed E-state index contributed by atoms with van der Waals surface area (Å²) in [6, 6.07) is 12.1. The highest BCUT2D eigenvalue weighted by Gasteiger charge is 2.17. The minimum atomic E-state index is -0.226. The van der Waals surface area contributed by atoms with E-state index in [0.717, 1.165) is 39.9 Å². The molecule has 0 saturated carbocycles. The van der Waals surface area contributed by atoms with Crippen LogP contribution >= 0.6 is 0 Å². The van der Waals surface area contributed by atoms with Crippen LogP contribution in [0.15, 0.2) is 61.2 Å². The Hall–Kier alpha value is -3.91. The summed E-state index contributed by atoms with van der Waals surface area (Å²) in [6.45, 7) is 9.53. The Labute approximate surface area is 225 Å². The van der Waals surface area contributed by atoms with Gasteiger partial charge in [-0.2, -0.15) is 10.2 Å². The molecule has 0 unspecified atom stereocenters. The third-order valence-electron chi connectivity index (χ3n) is 6.57.